The summed E-state index contributed by atoms with van der Waals surface area (Å²) >= 11 is 6.66. The number of hydrogen-bond acceptors (Lipinski definition) is 7. The van der Waals surface area contributed by atoms with Gasteiger partial charge in [0.2, 0.25) is 5.75 Å². The van der Waals surface area contributed by atoms with Crippen LogP contribution in [0.4, 0.5) is 0 Å². The minimum absolute atomic E-state index is 0.00959. The summed E-state index contributed by atoms with van der Waals surface area (Å²) in [5.74, 6) is 0.383. The topological polar surface area (TPSA) is 91.3 Å². The fraction of sp³-hybridized carbons (Fsp3) is 0.533. The zero-order valence-corrected chi connectivity index (χ0v) is 23.5. The molecule has 2 aliphatic carbocycles. The molecule has 38 heavy (non-hydrogen) atoms. The monoisotopic (exact) mass is 542 g/mol. The Morgan fingerprint density at radius 3 is 2.29 bits per heavy atom. The molecule has 2 bridgehead atoms. The molecule has 7 nitrogen and oxygen atoms in total. The smallest absolute Gasteiger partial charge is 0.351 e. The van der Waals surface area contributed by atoms with Crippen molar-refractivity contribution in [1.29, 1.82) is 0 Å². The molecule has 1 atom stereocenters. The third kappa shape index (κ3) is 4.06. The average Bonchev–Trinajstić information content (AvgIpc) is 3.32. The average molecular weight is 543 g/mol. The van der Waals surface area contributed by atoms with Gasteiger partial charge in [0.1, 0.15) is 17.1 Å². The van der Waals surface area contributed by atoms with Gasteiger partial charge < -0.3 is 24.1 Å². The maximum Gasteiger partial charge on any atom is 0.351 e. The first kappa shape index (κ1) is 26.8. The number of carbonyl (C=O) groups excluding carboxylic acids is 2. The van der Waals surface area contributed by atoms with E-state index in [-0.39, 0.29) is 51.2 Å². The Hall–Kier alpha value is -2.77. The third-order valence-electron chi connectivity index (χ3n) is 8.92. The number of methoxy groups -OCH3 is 1. The van der Waals surface area contributed by atoms with Crippen molar-refractivity contribution in [1.82, 2.24) is 0 Å². The van der Waals surface area contributed by atoms with Crippen LogP contribution in [0.15, 0.2) is 12.1 Å². The third-order valence-corrected chi connectivity index (χ3v) is 9.38. The normalized spacial score (nSPS) is 24.3. The first-order valence-electron chi connectivity index (χ1n) is 13.3. The van der Waals surface area contributed by atoms with Crippen molar-refractivity contribution in [2.75, 3.05) is 7.11 Å². The number of carbonyl (C=O) groups is 2. The van der Waals surface area contributed by atoms with Gasteiger partial charge in [0.25, 0.3) is 0 Å². The first-order chi connectivity index (χ1) is 18.0. The lowest BCUT2D eigenvalue weighted by atomic mass is 9.80. The van der Waals surface area contributed by atoms with Crippen LogP contribution < -0.4 is 18.9 Å². The van der Waals surface area contributed by atoms with Crippen LogP contribution in [0, 0.1) is 37.0 Å². The van der Waals surface area contributed by atoms with Crippen molar-refractivity contribution in [2.45, 2.75) is 72.8 Å². The van der Waals surface area contributed by atoms with Crippen LogP contribution in [-0.4, -0.2) is 24.2 Å². The van der Waals surface area contributed by atoms with E-state index in [2.05, 4.69) is 0 Å². The highest BCUT2D eigenvalue weighted by Crippen LogP contribution is 2.59. The molecule has 1 N–H and O–H groups in total. The van der Waals surface area contributed by atoms with Gasteiger partial charge in [0.15, 0.2) is 11.5 Å². The highest BCUT2D eigenvalue weighted by Gasteiger charge is 2.57. The quantitative estimate of drug-likeness (QED) is 0.307. The fourth-order valence-electron chi connectivity index (χ4n) is 6.52. The Bertz CT molecular complexity index is 1290. The molecule has 0 spiro atoms. The number of ether oxygens (including phenoxy) is 4. The summed E-state index contributed by atoms with van der Waals surface area (Å²) in [6, 6.07) is 3.27. The number of esters is 2. The van der Waals surface area contributed by atoms with Crippen LogP contribution in [0.1, 0.15) is 86.0 Å². The zero-order valence-electron chi connectivity index (χ0n) is 22.8. The molecule has 0 saturated heterocycles. The molecular formula is C30H35ClO7. The molecule has 204 valence electrons. The number of fused-ring (bicyclic) bond motifs is 4. The number of benzene rings is 2. The summed E-state index contributed by atoms with van der Waals surface area (Å²) in [6.07, 6.45) is 3.74. The lowest BCUT2D eigenvalue weighted by Gasteiger charge is -2.28. The molecular weight excluding hydrogens is 508 g/mol. The Kier molecular flexibility index (Phi) is 6.89. The second-order valence-corrected chi connectivity index (χ2v) is 11.8. The summed E-state index contributed by atoms with van der Waals surface area (Å²) in [6.45, 7) is 9.59. The van der Waals surface area contributed by atoms with Crippen molar-refractivity contribution >= 4 is 23.5 Å². The van der Waals surface area contributed by atoms with Gasteiger partial charge in [-0.3, -0.25) is 4.79 Å². The van der Waals surface area contributed by atoms with E-state index in [1.165, 1.54) is 7.11 Å². The zero-order chi connectivity index (χ0) is 27.5. The summed E-state index contributed by atoms with van der Waals surface area (Å²) in [5, 5.41) is 11.0. The van der Waals surface area contributed by atoms with Gasteiger partial charge in [-0.15, -0.1) is 0 Å². The number of rotatable bonds is 6. The Morgan fingerprint density at radius 1 is 1.08 bits per heavy atom. The summed E-state index contributed by atoms with van der Waals surface area (Å²) in [7, 11) is 1.43. The molecule has 0 unspecified atom stereocenters. The van der Waals surface area contributed by atoms with Crippen molar-refractivity contribution in [3.63, 3.8) is 0 Å². The van der Waals surface area contributed by atoms with Crippen LogP contribution >= 0.6 is 11.6 Å². The molecule has 8 heteroatoms. The van der Waals surface area contributed by atoms with E-state index < -0.39 is 17.5 Å². The standard InChI is InChI=1S/C30H35ClO7/c1-14(2)13-20(32)19-11-12-21-22(25(19)35-6)28(33)37-26-23(31)15(3)16(4)24(27(26)36-21)38-29(34)30(5)17-7-8-18(30)10-9-17/h11-12,14,17-18,20,32H,7-10,13H2,1-6H3/t17?,18?,20-,30?/m0/s1. The molecule has 0 aromatic heterocycles. The van der Waals surface area contributed by atoms with E-state index in [4.69, 9.17) is 30.5 Å². The Morgan fingerprint density at radius 2 is 1.71 bits per heavy atom. The van der Waals surface area contributed by atoms with Gasteiger partial charge in [-0.2, -0.15) is 0 Å². The van der Waals surface area contributed by atoms with E-state index in [0.717, 1.165) is 25.7 Å². The van der Waals surface area contributed by atoms with Gasteiger partial charge >= 0.3 is 11.9 Å². The molecule has 0 radical (unpaired) electrons. The van der Waals surface area contributed by atoms with E-state index in [9.17, 15) is 14.7 Å². The van der Waals surface area contributed by atoms with Crippen molar-refractivity contribution in [3.05, 3.63) is 39.4 Å². The van der Waals surface area contributed by atoms with E-state index in [1.807, 2.05) is 20.8 Å². The van der Waals surface area contributed by atoms with Crippen LogP contribution in [0.5, 0.6) is 28.7 Å². The number of hydrogen-bond donors (Lipinski definition) is 1. The van der Waals surface area contributed by atoms with Gasteiger partial charge in [0, 0.05) is 11.1 Å². The SMILES string of the molecule is COc1c([C@@H](O)CC(C)C)ccc2c1C(=O)Oc1c(Cl)c(C)c(C)c(OC(=O)C3(C)C4CCC3CC4)c1O2. The molecule has 5 rings (SSSR count). The highest BCUT2D eigenvalue weighted by molar-refractivity contribution is 6.33. The molecule has 2 fully saturated rings. The lowest BCUT2D eigenvalue weighted by Crippen LogP contribution is -2.36. The van der Waals surface area contributed by atoms with Crippen molar-refractivity contribution in [3.8, 4) is 28.7 Å². The predicted octanol–water partition coefficient (Wildman–Crippen LogP) is 7.10. The molecule has 2 saturated carbocycles. The van der Waals surface area contributed by atoms with Gasteiger partial charge in [0.05, 0.1) is 23.7 Å². The largest absolute Gasteiger partial charge is 0.495 e. The van der Waals surface area contributed by atoms with Crippen LogP contribution in [0.3, 0.4) is 0 Å². The minimum atomic E-state index is -0.846. The lowest BCUT2D eigenvalue weighted by molar-refractivity contribution is -0.147. The Labute approximate surface area is 228 Å². The summed E-state index contributed by atoms with van der Waals surface area (Å²) < 4.78 is 23.8. The van der Waals surface area contributed by atoms with E-state index in [1.54, 1.807) is 26.0 Å². The van der Waals surface area contributed by atoms with Gasteiger partial charge in [-0.1, -0.05) is 25.4 Å². The molecule has 3 aliphatic rings. The maximum absolute atomic E-state index is 13.7. The number of halogens is 1. The van der Waals surface area contributed by atoms with Crippen molar-refractivity contribution < 1.29 is 33.6 Å². The van der Waals surface area contributed by atoms with E-state index >= 15 is 0 Å². The van der Waals surface area contributed by atoms with Gasteiger partial charge in [-0.25, -0.2) is 4.79 Å². The second kappa shape index (κ2) is 9.76. The molecule has 2 aromatic carbocycles. The van der Waals surface area contributed by atoms with Crippen LogP contribution in [0.2, 0.25) is 5.02 Å². The maximum atomic E-state index is 13.7. The van der Waals surface area contributed by atoms with Crippen LogP contribution in [0.25, 0.3) is 0 Å². The summed E-state index contributed by atoms with van der Waals surface area (Å²) in [5.41, 5.74) is 1.19. The Balaban J connectivity index is 1.60. The number of aliphatic hydroxyl groups excluding tert-OH is 1. The molecule has 1 aliphatic heterocycles. The molecule has 1 heterocycles. The predicted molar refractivity (Wildman–Crippen MR) is 143 cm³/mol. The van der Waals surface area contributed by atoms with E-state index in [0.29, 0.717) is 34.9 Å². The van der Waals surface area contributed by atoms with Gasteiger partial charge in [-0.05, 0) is 88.3 Å². The molecule has 2 aromatic rings. The number of aliphatic hydroxyl groups is 1. The second-order valence-electron chi connectivity index (χ2n) is 11.5. The highest BCUT2D eigenvalue weighted by atomic mass is 35.5. The summed E-state index contributed by atoms with van der Waals surface area (Å²) in [4.78, 5) is 27.1. The first-order valence-corrected chi connectivity index (χ1v) is 13.7. The minimum Gasteiger partial charge on any atom is -0.495 e. The van der Waals surface area contributed by atoms with Crippen molar-refractivity contribution in [2.24, 2.45) is 23.2 Å². The van der Waals surface area contributed by atoms with Crippen LogP contribution in [-0.2, 0) is 4.79 Å². The fourth-order valence-corrected chi connectivity index (χ4v) is 6.78. The molecule has 0 amide bonds.